The maximum atomic E-state index is 12.3. The van der Waals surface area contributed by atoms with Crippen LogP contribution in [-0.4, -0.2) is 37.2 Å². The molecule has 25 heavy (non-hydrogen) atoms. The zero-order valence-electron chi connectivity index (χ0n) is 14.0. The van der Waals surface area contributed by atoms with E-state index in [4.69, 9.17) is 0 Å². The van der Waals surface area contributed by atoms with Crippen LogP contribution in [-0.2, 0) is 0 Å². The van der Waals surface area contributed by atoms with Gasteiger partial charge in [-0.05, 0) is 31.5 Å². The van der Waals surface area contributed by atoms with Crippen molar-refractivity contribution in [2.24, 2.45) is 0 Å². The predicted octanol–water partition coefficient (Wildman–Crippen LogP) is 1.98. The van der Waals surface area contributed by atoms with Crippen molar-refractivity contribution in [3.63, 3.8) is 0 Å². The topological polar surface area (TPSA) is 97.6 Å². The van der Waals surface area contributed by atoms with Crippen LogP contribution in [0.25, 0.3) is 5.69 Å². The molecule has 0 saturated carbocycles. The lowest BCUT2D eigenvalue weighted by Crippen LogP contribution is -2.27. The average molecular weight is 337 g/mol. The summed E-state index contributed by atoms with van der Waals surface area (Å²) in [5.41, 5.74) is 2.32. The fourth-order valence-electron chi connectivity index (χ4n) is 2.32. The fourth-order valence-corrected chi connectivity index (χ4v) is 2.32. The van der Waals surface area contributed by atoms with Gasteiger partial charge in [0.05, 0.1) is 17.3 Å². The molecule has 0 aliphatic heterocycles. The molecule has 2 aromatic heterocycles. The smallest absolute Gasteiger partial charge is 0.254 e. The number of aromatic nitrogens is 5. The van der Waals surface area contributed by atoms with Crippen molar-refractivity contribution in [2.45, 2.75) is 19.9 Å². The first-order valence-corrected chi connectivity index (χ1v) is 7.99. The van der Waals surface area contributed by atoms with Crippen LogP contribution in [0, 0.1) is 0 Å². The number of carbonyl (C=O) groups is 1. The minimum absolute atomic E-state index is 0.147. The summed E-state index contributed by atoms with van der Waals surface area (Å²) in [6.07, 6.45) is 6.15. The SMILES string of the molecule is CCNc1ncc(C(=O)N[C@H](C)c2ccc(-n3cncn3)cc2)cn1. The van der Waals surface area contributed by atoms with Crippen LogP contribution in [0.5, 0.6) is 0 Å². The number of hydrogen-bond acceptors (Lipinski definition) is 6. The fraction of sp³-hybridized carbons (Fsp3) is 0.235. The van der Waals surface area contributed by atoms with E-state index in [9.17, 15) is 4.79 Å². The molecule has 0 saturated heterocycles. The molecular weight excluding hydrogens is 318 g/mol. The highest BCUT2D eigenvalue weighted by molar-refractivity contribution is 5.93. The molecular formula is C17H19N7O. The van der Waals surface area contributed by atoms with E-state index in [0.717, 1.165) is 17.8 Å². The van der Waals surface area contributed by atoms with Crippen LogP contribution in [0.3, 0.4) is 0 Å². The molecule has 3 aromatic rings. The number of nitrogens with zero attached hydrogens (tertiary/aromatic N) is 5. The third-order valence-corrected chi connectivity index (χ3v) is 3.67. The molecule has 0 aliphatic carbocycles. The van der Waals surface area contributed by atoms with Crippen LogP contribution in [0.2, 0.25) is 0 Å². The molecule has 128 valence electrons. The molecule has 0 bridgehead atoms. The van der Waals surface area contributed by atoms with Gasteiger partial charge in [-0.15, -0.1) is 0 Å². The molecule has 8 nitrogen and oxygen atoms in total. The first-order valence-electron chi connectivity index (χ1n) is 7.99. The summed E-state index contributed by atoms with van der Waals surface area (Å²) in [6.45, 7) is 4.61. The largest absolute Gasteiger partial charge is 0.355 e. The highest BCUT2D eigenvalue weighted by Gasteiger charge is 2.12. The zero-order chi connectivity index (χ0) is 17.6. The van der Waals surface area contributed by atoms with Crippen LogP contribution in [0.4, 0.5) is 5.95 Å². The molecule has 2 heterocycles. The summed E-state index contributed by atoms with van der Waals surface area (Å²) >= 11 is 0. The van der Waals surface area contributed by atoms with Crippen molar-refractivity contribution in [1.82, 2.24) is 30.0 Å². The number of nitrogens with one attached hydrogen (secondary N) is 2. The zero-order valence-corrected chi connectivity index (χ0v) is 14.0. The Morgan fingerprint density at radius 2 is 1.92 bits per heavy atom. The second-order valence-electron chi connectivity index (χ2n) is 5.45. The van der Waals surface area contributed by atoms with Gasteiger partial charge in [0.2, 0.25) is 5.95 Å². The summed E-state index contributed by atoms with van der Waals surface area (Å²) < 4.78 is 1.68. The van der Waals surface area contributed by atoms with E-state index in [-0.39, 0.29) is 11.9 Å². The lowest BCUT2D eigenvalue weighted by molar-refractivity contribution is 0.0939. The lowest BCUT2D eigenvalue weighted by atomic mass is 10.1. The Kier molecular flexibility index (Phi) is 4.98. The third-order valence-electron chi connectivity index (χ3n) is 3.67. The van der Waals surface area contributed by atoms with Crippen LogP contribution in [0.15, 0.2) is 49.3 Å². The number of benzene rings is 1. The second kappa shape index (κ2) is 7.52. The van der Waals surface area contributed by atoms with Crippen LogP contribution < -0.4 is 10.6 Å². The maximum Gasteiger partial charge on any atom is 0.254 e. The minimum atomic E-state index is -0.212. The third kappa shape index (κ3) is 3.97. The normalized spacial score (nSPS) is 11.8. The summed E-state index contributed by atoms with van der Waals surface area (Å²) in [6, 6.07) is 7.62. The van der Waals surface area contributed by atoms with Crippen molar-refractivity contribution in [2.75, 3.05) is 11.9 Å². The van der Waals surface area contributed by atoms with Gasteiger partial charge in [-0.2, -0.15) is 5.10 Å². The van der Waals surface area contributed by atoms with Gasteiger partial charge < -0.3 is 10.6 Å². The van der Waals surface area contributed by atoms with E-state index in [1.807, 2.05) is 38.1 Å². The Morgan fingerprint density at radius 1 is 1.20 bits per heavy atom. The summed E-state index contributed by atoms with van der Waals surface area (Å²) in [5, 5.41) is 10.0. The van der Waals surface area contributed by atoms with E-state index < -0.39 is 0 Å². The Hall–Kier alpha value is -3.29. The van der Waals surface area contributed by atoms with Gasteiger partial charge in [-0.1, -0.05) is 12.1 Å². The molecule has 0 spiro atoms. The highest BCUT2D eigenvalue weighted by Crippen LogP contribution is 2.15. The van der Waals surface area contributed by atoms with E-state index in [2.05, 4.69) is 30.7 Å². The molecule has 1 atom stereocenters. The highest BCUT2D eigenvalue weighted by atomic mass is 16.1. The number of rotatable bonds is 6. The molecule has 0 fully saturated rings. The van der Waals surface area contributed by atoms with E-state index in [1.54, 1.807) is 11.0 Å². The van der Waals surface area contributed by atoms with E-state index in [1.165, 1.54) is 18.7 Å². The quantitative estimate of drug-likeness (QED) is 0.714. The van der Waals surface area contributed by atoms with Crippen molar-refractivity contribution in [3.05, 3.63) is 60.4 Å². The van der Waals surface area contributed by atoms with Crippen molar-refractivity contribution < 1.29 is 4.79 Å². The number of carbonyl (C=O) groups excluding carboxylic acids is 1. The Balaban J connectivity index is 1.64. The van der Waals surface area contributed by atoms with E-state index >= 15 is 0 Å². The van der Waals surface area contributed by atoms with E-state index in [0.29, 0.717) is 11.5 Å². The Labute approximate surface area is 145 Å². The van der Waals surface area contributed by atoms with Gasteiger partial charge in [-0.25, -0.2) is 19.6 Å². The molecule has 1 amide bonds. The number of anilines is 1. The molecule has 8 heteroatoms. The summed E-state index contributed by atoms with van der Waals surface area (Å²) in [7, 11) is 0. The average Bonchev–Trinajstić information content (AvgIpc) is 3.17. The molecule has 0 aliphatic rings. The summed E-state index contributed by atoms with van der Waals surface area (Å²) in [4.78, 5) is 24.5. The van der Waals surface area contributed by atoms with Gasteiger partial charge in [0.15, 0.2) is 0 Å². The predicted molar refractivity (Wildman–Crippen MR) is 93.4 cm³/mol. The molecule has 3 rings (SSSR count). The van der Waals surface area contributed by atoms with Gasteiger partial charge in [-0.3, -0.25) is 4.79 Å². The lowest BCUT2D eigenvalue weighted by Gasteiger charge is -2.15. The van der Waals surface area contributed by atoms with Crippen molar-refractivity contribution in [1.29, 1.82) is 0 Å². The van der Waals surface area contributed by atoms with Crippen LogP contribution >= 0.6 is 0 Å². The first kappa shape index (κ1) is 16.6. The Bertz CT molecular complexity index is 813. The second-order valence-corrected chi connectivity index (χ2v) is 5.45. The Morgan fingerprint density at radius 3 is 2.52 bits per heavy atom. The monoisotopic (exact) mass is 337 g/mol. The molecule has 2 N–H and O–H groups in total. The van der Waals surface area contributed by atoms with Gasteiger partial charge in [0.25, 0.3) is 5.91 Å². The standard InChI is InChI=1S/C17H19N7O/c1-3-19-17-20-8-14(9-21-17)16(25)23-12(2)13-4-6-15(7-5-13)24-11-18-10-22-24/h4-12H,3H2,1-2H3,(H,23,25)(H,19,20,21)/t12-/m1/s1. The van der Waals surface area contributed by atoms with Gasteiger partial charge >= 0.3 is 0 Å². The minimum Gasteiger partial charge on any atom is -0.355 e. The van der Waals surface area contributed by atoms with Gasteiger partial charge in [0, 0.05) is 18.9 Å². The first-order chi connectivity index (χ1) is 12.2. The summed E-state index contributed by atoms with van der Waals surface area (Å²) in [5.74, 6) is 0.298. The van der Waals surface area contributed by atoms with Gasteiger partial charge in [0.1, 0.15) is 12.7 Å². The maximum absolute atomic E-state index is 12.3. The molecule has 0 unspecified atom stereocenters. The van der Waals surface area contributed by atoms with Crippen molar-refractivity contribution in [3.8, 4) is 5.69 Å². The van der Waals surface area contributed by atoms with Crippen molar-refractivity contribution >= 4 is 11.9 Å². The number of amides is 1. The molecule has 0 radical (unpaired) electrons. The molecule has 1 aromatic carbocycles. The number of hydrogen-bond donors (Lipinski definition) is 2. The van der Waals surface area contributed by atoms with Crippen LogP contribution in [0.1, 0.15) is 35.8 Å².